The van der Waals surface area contributed by atoms with Gasteiger partial charge in [0.05, 0.1) is 6.04 Å². The third-order valence-electron chi connectivity index (χ3n) is 8.97. The first kappa shape index (κ1) is 27.7. The Labute approximate surface area is 254 Å². The number of nitrogens with one attached hydrogen (secondary N) is 1. The lowest BCUT2D eigenvalue weighted by atomic mass is 9.88. The molecule has 1 unspecified atom stereocenters. The molecule has 1 N–H and O–H groups in total. The summed E-state index contributed by atoms with van der Waals surface area (Å²) in [7, 11) is 1.72. The monoisotopic (exact) mass is 586 g/mol. The van der Waals surface area contributed by atoms with Crippen LogP contribution in [0.5, 0.6) is 0 Å². The fourth-order valence-electron chi connectivity index (χ4n) is 6.59. The standard InChI is InChI=1S/C34H34N8O2/c1-22(24-11-5-3-6-12-24)42-33(43)29-32(40(2)34(42)44)35-31(26-13-7-4-8-14-26)41(29)21-23-17-19-25(20-18-23)27-15-9-10-16-28(27)30-36-38-39-37-30/h3,5-6,9-12,15-20,22,26H,4,7-8,13-14,21H2,1-2H3,(H,36,37,38,39). The SMILES string of the molecule is CC(c1ccccc1)n1c(=O)c2c(nc(C3CCCCC3)n2Cc2ccc(-c3ccccc3-c3nn[nH]n3)cc2)n(C)c1=O. The number of hydrogen-bond acceptors (Lipinski definition) is 6. The molecular formula is C34H34N8O2. The van der Waals surface area contributed by atoms with Crippen LogP contribution >= 0.6 is 0 Å². The van der Waals surface area contributed by atoms with Gasteiger partial charge < -0.3 is 4.57 Å². The van der Waals surface area contributed by atoms with E-state index in [0.29, 0.717) is 23.5 Å². The average Bonchev–Trinajstić information content (AvgIpc) is 3.74. The smallest absolute Gasteiger partial charge is 0.317 e. The number of imidazole rings is 1. The largest absolute Gasteiger partial charge is 0.333 e. The maximum atomic E-state index is 14.3. The summed E-state index contributed by atoms with van der Waals surface area (Å²) in [5.41, 5.74) is 5.12. The van der Waals surface area contributed by atoms with Crippen molar-refractivity contribution in [2.45, 2.75) is 57.5 Å². The number of aryl methyl sites for hydroxylation is 1. The Bertz CT molecular complexity index is 2030. The second-order valence-corrected chi connectivity index (χ2v) is 11.6. The van der Waals surface area contributed by atoms with E-state index >= 15 is 0 Å². The van der Waals surface area contributed by atoms with Gasteiger partial charge in [-0.25, -0.2) is 9.78 Å². The van der Waals surface area contributed by atoms with Gasteiger partial charge >= 0.3 is 5.69 Å². The number of nitrogens with zero attached hydrogens (tertiary/aromatic N) is 7. The maximum absolute atomic E-state index is 14.3. The van der Waals surface area contributed by atoms with Crippen molar-refractivity contribution in [2.75, 3.05) is 0 Å². The topological polar surface area (TPSA) is 116 Å². The molecule has 0 amide bonds. The number of tetrazole rings is 1. The quantitative estimate of drug-likeness (QED) is 0.266. The van der Waals surface area contributed by atoms with E-state index < -0.39 is 6.04 Å². The fourth-order valence-corrected chi connectivity index (χ4v) is 6.59. The molecule has 1 aliphatic carbocycles. The van der Waals surface area contributed by atoms with Gasteiger partial charge in [0.2, 0.25) is 5.82 Å². The lowest BCUT2D eigenvalue weighted by Crippen LogP contribution is -2.41. The molecular weight excluding hydrogens is 552 g/mol. The van der Waals surface area contributed by atoms with Gasteiger partial charge in [0, 0.05) is 25.1 Å². The third-order valence-corrected chi connectivity index (χ3v) is 8.97. The Morgan fingerprint density at radius 3 is 2.30 bits per heavy atom. The van der Waals surface area contributed by atoms with Crippen LogP contribution < -0.4 is 11.2 Å². The van der Waals surface area contributed by atoms with Gasteiger partial charge in [-0.3, -0.25) is 13.9 Å². The molecule has 1 aliphatic rings. The highest BCUT2D eigenvalue weighted by Gasteiger charge is 2.28. The maximum Gasteiger partial charge on any atom is 0.333 e. The van der Waals surface area contributed by atoms with Crippen LogP contribution in [0, 0.1) is 0 Å². The predicted molar refractivity (Wildman–Crippen MR) is 169 cm³/mol. The molecule has 10 nitrogen and oxygen atoms in total. The summed E-state index contributed by atoms with van der Waals surface area (Å²) >= 11 is 0. The third kappa shape index (κ3) is 4.86. The molecule has 222 valence electrons. The number of fused-ring (bicyclic) bond motifs is 1. The first-order valence-electron chi connectivity index (χ1n) is 15.2. The van der Waals surface area contributed by atoms with Crippen molar-refractivity contribution in [1.29, 1.82) is 0 Å². The number of hydrogen-bond donors (Lipinski definition) is 1. The van der Waals surface area contributed by atoms with E-state index in [1.165, 1.54) is 15.6 Å². The second-order valence-electron chi connectivity index (χ2n) is 11.6. The lowest BCUT2D eigenvalue weighted by Gasteiger charge is -2.22. The van der Waals surface area contributed by atoms with Crippen LogP contribution in [0.4, 0.5) is 0 Å². The number of aromatic amines is 1. The number of H-pyrrole nitrogens is 1. The highest BCUT2D eigenvalue weighted by Crippen LogP contribution is 2.34. The number of rotatable bonds is 7. The highest BCUT2D eigenvalue weighted by molar-refractivity contribution is 5.80. The van der Waals surface area contributed by atoms with Crippen LogP contribution in [-0.2, 0) is 13.6 Å². The van der Waals surface area contributed by atoms with Gasteiger partial charge in [-0.05, 0) is 47.2 Å². The summed E-state index contributed by atoms with van der Waals surface area (Å²) < 4.78 is 4.99. The average molecular weight is 587 g/mol. The van der Waals surface area contributed by atoms with Gasteiger partial charge in [0.25, 0.3) is 5.56 Å². The van der Waals surface area contributed by atoms with Crippen LogP contribution in [0.25, 0.3) is 33.7 Å². The minimum Gasteiger partial charge on any atom is -0.317 e. The van der Waals surface area contributed by atoms with Crippen molar-refractivity contribution in [1.82, 2.24) is 39.3 Å². The first-order chi connectivity index (χ1) is 21.5. The van der Waals surface area contributed by atoms with Crippen molar-refractivity contribution in [2.24, 2.45) is 7.05 Å². The molecule has 10 heteroatoms. The van der Waals surface area contributed by atoms with Crippen LogP contribution in [0.3, 0.4) is 0 Å². The lowest BCUT2D eigenvalue weighted by molar-refractivity contribution is 0.420. The Kier molecular flexibility index (Phi) is 7.25. The molecule has 1 fully saturated rings. The van der Waals surface area contributed by atoms with E-state index in [4.69, 9.17) is 4.98 Å². The van der Waals surface area contributed by atoms with Crippen molar-refractivity contribution >= 4 is 11.2 Å². The zero-order valence-electron chi connectivity index (χ0n) is 24.8. The van der Waals surface area contributed by atoms with E-state index in [-0.39, 0.29) is 17.2 Å². The van der Waals surface area contributed by atoms with Crippen molar-refractivity contribution in [3.63, 3.8) is 0 Å². The van der Waals surface area contributed by atoms with Gasteiger partial charge in [-0.2, -0.15) is 5.21 Å². The molecule has 0 aliphatic heterocycles. The Hall–Kier alpha value is -5.12. The predicted octanol–water partition coefficient (Wildman–Crippen LogP) is 5.45. The number of aromatic nitrogens is 8. The Morgan fingerprint density at radius 1 is 0.886 bits per heavy atom. The Morgan fingerprint density at radius 2 is 1.59 bits per heavy atom. The summed E-state index contributed by atoms with van der Waals surface area (Å²) in [6.07, 6.45) is 5.53. The zero-order valence-corrected chi connectivity index (χ0v) is 24.8. The minimum atomic E-state index is -0.424. The normalized spacial score (nSPS) is 14.7. The summed E-state index contributed by atoms with van der Waals surface area (Å²) in [6.45, 7) is 2.38. The van der Waals surface area contributed by atoms with Crippen molar-refractivity contribution < 1.29 is 0 Å². The minimum absolute atomic E-state index is 0.242. The highest BCUT2D eigenvalue weighted by atomic mass is 16.2. The molecule has 1 atom stereocenters. The van der Waals surface area contributed by atoms with Crippen LogP contribution in [0.2, 0.25) is 0 Å². The molecule has 3 aromatic carbocycles. The molecule has 0 radical (unpaired) electrons. The van der Waals surface area contributed by atoms with Gasteiger partial charge in [0.15, 0.2) is 11.2 Å². The van der Waals surface area contributed by atoms with E-state index in [2.05, 4.69) is 49.5 Å². The second kappa shape index (κ2) is 11.5. The van der Waals surface area contributed by atoms with Crippen LogP contribution in [0.1, 0.15) is 67.9 Å². The van der Waals surface area contributed by atoms with Gasteiger partial charge in [-0.1, -0.05) is 98.1 Å². The van der Waals surface area contributed by atoms with Crippen LogP contribution in [0.15, 0.2) is 88.5 Å². The van der Waals surface area contributed by atoms with E-state index in [9.17, 15) is 9.59 Å². The first-order valence-corrected chi connectivity index (χ1v) is 15.2. The molecule has 3 heterocycles. The summed E-state index contributed by atoms with van der Waals surface area (Å²) in [4.78, 5) is 32.9. The molecule has 0 spiro atoms. The summed E-state index contributed by atoms with van der Waals surface area (Å²) in [5.74, 6) is 1.67. The molecule has 1 saturated carbocycles. The van der Waals surface area contributed by atoms with Gasteiger partial charge in [-0.15, -0.1) is 10.2 Å². The van der Waals surface area contributed by atoms with E-state index in [1.807, 2.05) is 61.5 Å². The number of benzene rings is 3. The molecule has 3 aromatic heterocycles. The molecule has 7 rings (SSSR count). The van der Waals surface area contributed by atoms with E-state index in [0.717, 1.165) is 59.3 Å². The Balaban J connectivity index is 1.34. The summed E-state index contributed by atoms with van der Waals surface area (Å²) in [5, 5.41) is 14.6. The van der Waals surface area contributed by atoms with Gasteiger partial charge in [0.1, 0.15) is 5.82 Å². The van der Waals surface area contributed by atoms with Crippen LogP contribution in [-0.4, -0.2) is 39.3 Å². The molecule has 0 saturated heterocycles. The van der Waals surface area contributed by atoms with Crippen molar-refractivity contribution in [3.05, 3.63) is 117 Å². The molecule has 44 heavy (non-hydrogen) atoms. The van der Waals surface area contributed by atoms with E-state index in [1.54, 1.807) is 7.05 Å². The summed E-state index contributed by atoms with van der Waals surface area (Å²) in [6, 6.07) is 25.6. The fraction of sp³-hybridized carbons (Fsp3) is 0.294. The molecule has 0 bridgehead atoms. The van der Waals surface area contributed by atoms with Crippen molar-refractivity contribution in [3.8, 4) is 22.5 Å². The zero-order chi connectivity index (χ0) is 30.2. The molecule has 6 aromatic rings.